The van der Waals surface area contributed by atoms with Gasteiger partial charge in [0.1, 0.15) is 5.75 Å². The highest BCUT2D eigenvalue weighted by atomic mass is 16.5. The third-order valence-electron chi connectivity index (χ3n) is 3.66. The predicted octanol–water partition coefficient (Wildman–Crippen LogP) is 4.68. The molecule has 3 aromatic rings. The number of anilines is 1. The van der Waals surface area contributed by atoms with Crippen molar-refractivity contribution in [3.8, 4) is 5.75 Å². The number of nitrogens with zero attached hydrogens (tertiary/aromatic N) is 1. The van der Waals surface area contributed by atoms with Crippen LogP contribution in [-0.4, -0.2) is 27.0 Å². The Labute approximate surface area is 149 Å². The minimum absolute atomic E-state index is 0.0657. The van der Waals surface area contributed by atoms with Crippen LogP contribution in [0.3, 0.4) is 0 Å². The maximum Gasteiger partial charge on any atom is 0.193 e. The normalized spacial score (nSPS) is 9.56. The lowest BCUT2D eigenvalue weighted by Gasteiger charge is -2.12. The molecule has 0 spiro atoms. The van der Waals surface area contributed by atoms with Crippen LogP contribution in [-0.2, 0) is 0 Å². The van der Waals surface area contributed by atoms with E-state index in [1.807, 2.05) is 104 Å². The third-order valence-corrected chi connectivity index (χ3v) is 3.66. The van der Waals surface area contributed by atoms with Gasteiger partial charge in [-0.2, -0.15) is 0 Å². The van der Waals surface area contributed by atoms with Crippen LogP contribution in [0.5, 0.6) is 5.75 Å². The van der Waals surface area contributed by atoms with Crippen molar-refractivity contribution in [2.45, 2.75) is 0 Å². The zero-order valence-electron chi connectivity index (χ0n) is 14.8. The van der Waals surface area contributed by atoms with Gasteiger partial charge in [-0.05, 0) is 36.4 Å². The summed E-state index contributed by atoms with van der Waals surface area (Å²) in [7, 11) is 5.62. The highest BCUT2D eigenvalue weighted by Crippen LogP contribution is 2.15. The van der Waals surface area contributed by atoms with Crippen molar-refractivity contribution in [3.63, 3.8) is 0 Å². The number of rotatable bonds is 4. The van der Waals surface area contributed by atoms with E-state index in [1.165, 1.54) is 0 Å². The van der Waals surface area contributed by atoms with Gasteiger partial charge in [-0.3, -0.25) is 4.79 Å². The fourth-order valence-electron chi connectivity index (χ4n) is 2.22. The Bertz CT molecular complexity index is 766. The van der Waals surface area contributed by atoms with Crippen molar-refractivity contribution in [3.05, 3.63) is 96.1 Å². The second-order valence-corrected chi connectivity index (χ2v) is 5.65. The predicted molar refractivity (Wildman–Crippen MR) is 104 cm³/mol. The lowest BCUT2D eigenvalue weighted by atomic mass is 10.0. The first-order valence-electron chi connectivity index (χ1n) is 8.08. The Morgan fingerprint density at radius 1 is 0.720 bits per heavy atom. The van der Waals surface area contributed by atoms with E-state index in [1.54, 1.807) is 7.11 Å². The molecule has 0 aliphatic heterocycles. The monoisotopic (exact) mass is 333 g/mol. The van der Waals surface area contributed by atoms with Crippen LogP contribution < -0.4 is 9.64 Å². The average molecular weight is 333 g/mol. The molecule has 0 saturated heterocycles. The zero-order valence-corrected chi connectivity index (χ0v) is 14.8. The SMILES string of the molecule is CN(C)c1ccc(C(=O)c2ccccc2)cc1.COc1ccccc1. The van der Waals surface area contributed by atoms with Crippen LogP contribution in [0.1, 0.15) is 15.9 Å². The first kappa shape index (κ1) is 18.3. The van der Waals surface area contributed by atoms with Crippen LogP contribution in [0, 0.1) is 0 Å². The van der Waals surface area contributed by atoms with Crippen molar-refractivity contribution in [2.75, 3.05) is 26.1 Å². The summed E-state index contributed by atoms with van der Waals surface area (Å²) in [5.41, 5.74) is 2.54. The van der Waals surface area contributed by atoms with Gasteiger partial charge in [-0.25, -0.2) is 0 Å². The van der Waals surface area contributed by atoms with Crippen molar-refractivity contribution in [2.24, 2.45) is 0 Å². The lowest BCUT2D eigenvalue weighted by Crippen LogP contribution is -2.09. The molecule has 3 aromatic carbocycles. The van der Waals surface area contributed by atoms with Crippen LogP contribution in [0.15, 0.2) is 84.9 Å². The molecule has 0 amide bonds. The molecule has 0 aromatic heterocycles. The number of carbonyl (C=O) groups is 1. The van der Waals surface area contributed by atoms with Gasteiger partial charge in [0.05, 0.1) is 7.11 Å². The van der Waals surface area contributed by atoms with Gasteiger partial charge < -0.3 is 9.64 Å². The molecule has 25 heavy (non-hydrogen) atoms. The van der Waals surface area contributed by atoms with Crippen molar-refractivity contribution >= 4 is 11.5 Å². The van der Waals surface area contributed by atoms with E-state index in [0.29, 0.717) is 0 Å². The summed E-state index contributed by atoms with van der Waals surface area (Å²) in [6, 6.07) is 26.7. The topological polar surface area (TPSA) is 29.5 Å². The molecule has 0 N–H and O–H groups in total. The molecular weight excluding hydrogens is 310 g/mol. The molecule has 3 nitrogen and oxygen atoms in total. The van der Waals surface area contributed by atoms with Gasteiger partial charge in [0.2, 0.25) is 0 Å². The van der Waals surface area contributed by atoms with Gasteiger partial charge in [0.15, 0.2) is 5.78 Å². The molecule has 0 aliphatic rings. The van der Waals surface area contributed by atoms with Gasteiger partial charge in [-0.1, -0.05) is 48.5 Å². The largest absolute Gasteiger partial charge is 0.497 e. The number of methoxy groups -OCH3 is 1. The maximum absolute atomic E-state index is 12.1. The Morgan fingerprint density at radius 2 is 1.20 bits per heavy atom. The highest BCUT2D eigenvalue weighted by molar-refractivity contribution is 6.09. The summed E-state index contributed by atoms with van der Waals surface area (Å²) in [5.74, 6) is 0.975. The fraction of sp³-hybridized carbons (Fsp3) is 0.136. The molecular formula is C22H23NO2. The zero-order chi connectivity index (χ0) is 18.1. The van der Waals surface area contributed by atoms with Gasteiger partial charge in [-0.15, -0.1) is 0 Å². The Morgan fingerprint density at radius 3 is 1.64 bits per heavy atom. The Balaban J connectivity index is 0.000000236. The van der Waals surface area contributed by atoms with Crippen LogP contribution in [0.4, 0.5) is 5.69 Å². The highest BCUT2D eigenvalue weighted by Gasteiger charge is 2.08. The maximum atomic E-state index is 12.1. The molecule has 0 heterocycles. The number of benzene rings is 3. The van der Waals surface area contributed by atoms with E-state index in [0.717, 1.165) is 22.6 Å². The lowest BCUT2D eigenvalue weighted by molar-refractivity contribution is 0.103. The van der Waals surface area contributed by atoms with Gasteiger partial charge >= 0.3 is 0 Å². The number of ether oxygens (including phenoxy) is 1. The quantitative estimate of drug-likeness (QED) is 0.649. The van der Waals surface area contributed by atoms with Crippen molar-refractivity contribution in [1.82, 2.24) is 0 Å². The van der Waals surface area contributed by atoms with Crippen LogP contribution in [0.25, 0.3) is 0 Å². The minimum atomic E-state index is 0.0657. The molecule has 0 saturated carbocycles. The first-order chi connectivity index (χ1) is 12.1. The summed E-state index contributed by atoms with van der Waals surface area (Å²) in [4.78, 5) is 14.1. The van der Waals surface area contributed by atoms with E-state index in [2.05, 4.69) is 0 Å². The molecule has 3 heteroatoms. The Hall–Kier alpha value is -3.07. The summed E-state index contributed by atoms with van der Waals surface area (Å²) in [6.45, 7) is 0. The summed E-state index contributed by atoms with van der Waals surface area (Å²) in [5, 5.41) is 0. The standard InChI is InChI=1S/C15H15NO.C7H8O/c1-16(2)14-10-8-13(9-11-14)15(17)12-6-4-3-5-7-12;1-8-7-5-3-2-4-6-7/h3-11H,1-2H3;2-6H,1H3. The number of para-hydroxylation sites is 1. The third kappa shape index (κ3) is 5.50. The van der Waals surface area contributed by atoms with E-state index in [4.69, 9.17) is 4.74 Å². The van der Waals surface area contributed by atoms with Crippen molar-refractivity contribution < 1.29 is 9.53 Å². The second kappa shape index (κ2) is 9.28. The van der Waals surface area contributed by atoms with Crippen LogP contribution in [0.2, 0.25) is 0 Å². The molecule has 3 rings (SSSR count). The average Bonchev–Trinajstić information content (AvgIpc) is 2.69. The molecule has 0 unspecified atom stereocenters. The number of hydrogen-bond acceptors (Lipinski definition) is 3. The van der Waals surface area contributed by atoms with Crippen molar-refractivity contribution in [1.29, 1.82) is 0 Å². The summed E-state index contributed by atoms with van der Waals surface area (Å²) < 4.78 is 4.91. The number of carbonyl (C=O) groups excluding carboxylic acids is 1. The van der Waals surface area contributed by atoms with Crippen LogP contribution >= 0.6 is 0 Å². The van der Waals surface area contributed by atoms with E-state index >= 15 is 0 Å². The molecule has 0 bridgehead atoms. The molecule has 0 aliphatic carbocycles. The van der Waals surface area contributed by atoms with E-state index in [9.17, 15) is 4.79 Å². The first-order valence-corrected chi connectivity index (χ1v) is 8.08. The minimum Gasteiger partial charge on any atom is -0.497 e. The van der Waals surface area contributed by atoms with Gasteiger partial charge in [0, 0.05) is 30.9 Å². The summed E-state index contributed by atoms with van der Waals surface area (Å²) in [6.07, 6.45) is 0. The molecule has 128 valence electrons. The van der Waals surface area contributed by atoms with E-state index in [-0.39, 0.29) is 5.78 Å². The van der Waals surface area contributed by atoms with E-state index < -0.39 is 0 Å². The molecule has 0 fully saturated rings. The molecule has 0 atom stereocenters. The van der Waals surface area contributed by atoms with Gasteiger partial charge in [0.25, 0.3) is 0 Å². The number of hydrogen-bond donors (Lipinski definition) is 0. The fourth-order valence-corrected chi connectivity index (χ4v) is 2.22. The second-order valence-electron chi connectivity index (χ2n) is 5.65. The number of ketones is 1. The molecule has 0 radical (unpaired) electrons. The summed E-state index contributed by atoms with van der Waals surface area (Å²) >= 11 is 0. The Kier molecular flexibility index (Phi) is 6.78. The smallest absolute Gasteiger partial charge is 0.193 e.